The molecule has 244 valence electrons. The van der Waals surface area contributed by atoms with Crippen LogP contribution in [0.5, 0.6) is 0 Å². The quantitative estimate of drug-likeness (QED) is 0.211. The third-order valence-corrected chi connectivity index (χ3v) is 9.70. The van der Waals surface area contributed by atoms with Crippen molar-refractivity contribution in [2.75, 3.05) is 13.1 Å². The van der Waals surface area contributed by atoms with Crippen molar-refractivity contribution in [2.45, 2.75) is 84.6 Å². The summed E-state index contributed by atoms with van der Waals surface area (Å²) in [7, 11) is 0. The van der Waals surface area contributed by atoms with Gasteiger partial charge in [-0.2, -0.15) is 5.10 Å². The first-order chi connectivity index (χ1) is 22.6. The molecule has 11 heteroatoms. The molecule has 3 atom stereocenters. The van der Waals surface area contributed by atoms with Crippen molar-refractivity contribution in [3.8, 4) is 11.3 Å². The van der Waals surface area contributed by atoms with Gasteiger partial charge in [0.05, 0.1) is 40.8 Å². The van der Waals surface area contributed by atoms with Crippen LogP contribution in [0.1, 0.15) is 85.4 Å². The molecule has 1 aliphatic heterocycles. The van der Waals surface area contributed by atoms with Gasteiger partial charge < -0.3 is 4.90 Å². The number of amides is 1. The lowest BCUT2D eigenvalue weighted by atomic mass is 9.87. The first-order valence-corrected chi connectivity index (χ1v) is 16.5. The third-order valence-electron chi connectivity index (χ3n) is 9.70. The maximum absolute atomic E-state index is 14.5. The molecule has 4 heterocycles. The minimum Gasteiger partial charge on any atom is -0.336 e. The number of fused-ring (bicyclic) bond motifs is 2. The largest absolute Gasteiger partial charge is 0.336 e. The zero-order valence-corrected chi connectivity index (χ0v) is 27.5. The van der Waals surface area contributed by atoms with E-state index in [9.17, 15) is 13.6 Å². The summed E-state index contributed by atoms with van der Waals surface area (Å²) in [5, 5.41) is 14.2. The molecule has 7 rings (SSSR count). The number of aryl methyl sites for hydroxylation is 1. The summed E-state index contributed by atoms with van der Waals surface area (Å²) in [6.07, 6.45) is 5.79. The Kier molecular flexibility index (Phi) is 8.11. The molecular formula is C36H40F2N8O. The van der Waals surface area contributed by atoms with Gasteiger partial charge in [0.1, 0.15) is 11.6 Å². The minimum absolute atomic E-state index is 0.0335. The fourth-order valence-electron chi connectivity index (χ4n) is 7.26. The molecular weight excluding hydrogens is 598 g/mol. The molecule has 47 heavy (non-hydrogen) atoms. The summed E-state index contributed by atoms with van der Waals surface area (Å²) in [4.78, 5) is 23.5. The summed E-state index contributed by atoms with van der Waals surface area (Å²) in [6.45, 7) is 12.1. The first-order valence-electron chi connectivity index (χ1n) is 16.5. The lowest BCUT2D eigenvalue weighted by Crippen LogP contribution is -2.57. The number of benzene rings is 2. The predicted octanol–water partition coefficient (Wildman–Crippen LogP) is 6.52. The van der Waals surface area contributed by atoms with Gasteiger partial charge in [-0.25, -0.2) is 23.1 Å². The van der Waals surface area contributed by atoms with Crippen LogP contribution in [0.25, 0.3) is 22.3 Å². The highest BCUT2D eigenvalue weighted by molar-refractivity contribution is 6.06. The monoisotopic (exact) mass is 638 g/mol. The van der Waals surface area contributed by atoms with E-state index in [-0.39, 0.29) is 30.1 Å². The highest BCUT2D eigenvalue weighted by Gasteiger charge is 2.34. The van der Waals surface area contributed by atoms with E-state index in [2.05, 4.69) is 60.1 Å². The molecule has 3 aromatic heterocycles. The van der Waals surface area contributed by atoms with E-state index in [1.54, 1.807) is 10.9 Å². The smallest absolute Gasteiger partial charge is 0.254 e. The van der Waals surface area contributed by atoms with Gasteiger partial charge in [-0.15, -0.1) is 5.10 Å². The van der Waals surface area contributed by atoms with Crippen LogP contribution in [0.4, 0.5) is 8.78 Å². The maximum atomic E-state index is 14.5. The second-order valence-corrected chi connectivity index (χ2v) is 13.5. The Bertz CT molecular complexity index is 1940. The molecule has 2 aliphatic rings. The van der Waals surface area contributed by atoms with Crippen molar-refractivity contribution < 1.29 is 13.6 Å². The van der Waals surface area contributed by atoms with Gasteiger partial charge in [0.25, 0.3) is 5.91 Å². The number of hydrogen-bond donors (Lipinski definition) is 0. The van der Waals surface area contributed by atoms with E-state index in [0.29, 0.717) is 48.4 Å². The molecule has 0 unspecified atom stereocenters. The predicted molar refractivity (Wildman–Crippen MR) is 176 cm³/mol. The molecule has 0 spiro atoms. The van der Waals surface area contributed by atoms with Crippen LogP contribution in [-0.2, 0) is 13.0 Å². The van der Waals surface area contributed by atoms with Crippen molar-refractivity contribution in [1.82, 2.24) is 39.6 Å². The number of aromatic nitrogens is 6. The Morgan fingerprint density at radius 2 is 1.79 bits per heavy atom. The Labute approximate surface area is 273 Å². The van der Waals surface area contributed by atoms with Crippen molar-refractivity contribution in [2.24, 2.45) is 0 Å². The Morgan fingerprint density at radius 1 is 1.04 bits per heavy atom. The topological polar surface area (TPSA) is 85.0 Å². The van der Waals surface area contributed by atoms with E-state index in [0.717, 1.165) is 46.8 Å². The number of hydrogen-bond acceptors (Lipinski definition) is 6. The number of carbonyl (C=O) groups is 1. The summed E-state index contributed by atoms with van der Waals surface area (Å²) >= 11 is 0. The van der Waals surface area contributed by atoms with E-state index >= 15 is 0 Å². The van der Waals surface area contributed by atoms with Crippen LogP contribution >= 0.6 is 0 Å². The number of rotatable bonds is 6. The van der Waals surface area contributed by atoms with E-state index in [1.807, 2.05) is 40.9 Å². The average Bonchev–Trinajstić information content (AvgIpc) is 3.69. The van der Waals surface area contributed by atoms with Crippen molar-refractivity contribution in [3.63, 3.8) is 0 Å². The van der Waals surface area contributed by atoms with Crippen LogP contribution in [-0.4, -0.2) is 70.6 Å². The molecule has 5 aromatic rings. The lowest BCUT2D eigenvalue weighted by molar-refractivity contribution is 0.0265. The number of pyridine rings is 1. The van der Waals surface area contributed by atoms with Gasteiger partial charge in [-0.3, -0.25) is 9.69 Å². The molecule has 0 saturated carbocycles. The van der Waals surface area contributed by atoms with Gasteiger partial charge in [0.15, 0.2) is 5.65 Å². The number of carbonyl (C=O) groups excluding carboxylic acids is 1. The zero-order valence-electron chi connectivity index (χ0n) is 27.5. The number of nitrogens with zero attached hydrogens (tertiary/aromatic N) is 8. The molecule has 9 nitrogen and oxygen atoms in total. The Balaban J connectivity index is 1.11. The van der Waals surface area contributed by atoms with Gasteiger partial charge in [-0.05, 0) is 77.1 Å². The minimum atomic E-state index is -0.573. The highest BCUT2D eigenvalue weighted by atomic mass is 19.1. The van der Waals surface area contributed by atoms with Crippen LogP contribution in [0.2, 0.25) is 0 Å². The van der Waals surface area contributed by atoms with Gasteiger partial charge in [-0.1, -0.05) is 35.0 Å². The summed E-state index contributed by atoms with van der Waals surface area (Å²) in [5.74, 6) is -1.10. The van der Waals surface area contributed by atoms with E-state index < -0.39 is 11.6 Å². The Morgan fingerprint density at radius 3 is 2.51 bits per heavy atom. The molecule has 1 aliphatic carbocycles. The van der Waals surface area contributed by atoms with Crippen LogP contribution < -0.4 is 0 Å². The number of halogens is 2. The summed E-state index contributed by atoms with van der Waals surface area (Å²) in [5.41, 5.74) is 6.17. The maximum Gasteiger partial charge on any atom is 0.254 e. The molecule has 0 bridgehead atoms. The summed E-state index contributed by atoms with van der Waals surface area (Å²) in [6, 6.07) is 12.4. The van der Waals surface area contributed by atoms with Crippen LogP contribution in [0.3, 0.4) is 0 Å². The van der Waals surface area contributed by atoms with Gasteiger partial charge >= 0.3 is 0 Å². The first kappa shape index (κ1) is 31.1. The van der Waals surface area contributed by atoms with Gasteiger partial charge in [0.2, 0.25) is 0 Å². The molecule has 1 amide bonds. The van der Waals surface area contributed by atoms with E-state index in [4.69, 9.17) is 4.98 Å². The van der Waals surface area contributed by atoms with Crippen molar-refractivity contribution >= 4 is 16.9 Å². The fourth-order valence-corrected chi connectivity index (χ4v) is 7.26. The van der Waals surface area contributed by atoms with E-state index in [1.165, 1.54) is 6.07 Å². The van der Waals surface area contributed by atoms with Gasteiger partial charge in [0, 0.05) is 49.4 Å². The highest BCUT2D eigenvalue weighted by Crippen LogP contribution is 2.35. The summed E-state index contributed by atoms with van der Waals surface area (Å²) < 4.78 is 32.3. The molecule has 1 saturated heterocycles. The molecule has 0 radical (unpaired) electrons. The second kappa shape index (κ2) is 12.3. The fraction of sp³-hybridized carbons (Fsp3) is 0.417. The SMILES string of the molecule is Cc1ccc(-c2cc(C(=O)N3C[C@@H](C)N(Cc4cn([C@@H]5CCCc6c(F)cc(F)cc65)nn4)[C@@H](C)C3)c3cnn(C(C)C)c3n2)cc1. The third kappa shape index (κ3) is 5.81. The van der Waals surface area contributed by atoms with Crippen LogP contribution in [0, 0.1) is 18.6 Å². The average molecular weight is 639 g/mol. The lowest BCUT2D eigenvalue weighted by Gasteiger charge is -2.44. The molecule has 2 aromatic carbocycles. The van der Waals surface area contributed by atoms with Crippen molar-refractivity contribution in [1.29, 1.82) is 0 Å². The zero-order chi connectivity index (χ0) is 33.0. The number of piperazine rings is 1. The second-order valence-electron chi connectivity index (χ2n) is 13.5. The van der Waals surface area contributed by atoms with Crippen LogP contribution in [0.15, 0.2) is 54.9 Å². The molecule has 0 N–H and O–H groups in total. The Hall–Kier alpha value is -4.51. The van der Waals surface area contributed by atoms with Crippen molar-refractivity contribution in [3.05, 3.63) is 94.4 Å². The molecule has 1 fully saturated rings. The normalized spacial score (nSPS) is 20.3. The standard InChI is InChI=1S/C36H40F2N8O/c1-21(2)46-35-31(16-39-46)30(15-33(40-35)25-11-9-22(3)10-12-25)36(47)43-17-23(4)44(24(5)18-43)19-27-20-45(42-41-27)34-8-6-7-28-29(34)13-26(37)14-32(28)38/h9-16,20-21,23-24,34H,6-8,17-19H2,1-5H3/t23-,24+,34-/m1/s1.